The number of pyridine rings is 1. The van der Waals surface area contributed by atoms with Crippen LogP contribution in [-0.2, 0) is 11.3 Å². The normalized spacial score (nSPS) is 10.7. The van der Waals surface area contributed by atoms with Gasteiger partial charge in [-0.3, -0.25) is 9.69 Å². The highest BCUT2D eigenvalue weighted by Crippen LogP contribution is 2.08. The van der Waals surface area contributed by atoms with Crippen LogP contribution in [0.1, 0.15) is 11.1 Å². The molecule has 2 aromatic heterocycles. The molecule has 0 atom stereocenters. The maximum atomic E-state index is 11.8. The van der Waals surface area contributed by atoms with Gasteiger partial charge in [0.15, 0.2) is 0 Å². The lowest BCUT2D eigenvalue weighted by atomic mass is 10.3. The van der Waals surface area contributed by atoms with Crippen molar-refractivity contribution >= 4 is 23.1 Å². The summed E-state index contributed by atoms with van der Waals surface area (Å²) in [6, 6.07) is 5.81. The molecule has 0 aliphatic rings. The molecule has 1 amide bonds. The summed E-state index contributed by atoms with van der Waals surface area (Å²) in [6.45, 7) is 3.09. The van der Waals surface area contributed by atoms with Crippen molar-refractivity contribution in [2.24, 2.45) is 0 Å². The Morgan fingerprint density at radius 3 is 2.89 bits per heavy atom. The fourth-order valence-corrected chi connectivity index (χ4v) is 2.38. The molecular formula is C14H17N3OS. The highest BCUT2D eigenvalue weighted by molar-refractivity contribution is 7.07. The Balaban J connectivity index is 1.82. The van der Waals surface area contributed by atoms with Crippen LogP contribution in [0.15, 0.2) is 35.2 Å². The molecule has 0 saturated heterocycles. The largest absolute Gasteiger partial charge is 0.310 e. The van der Waals surface area contributed by atoms with Crippen molar-refractivity contribution in [3.63, 3.8) is 0 Å². The van der Waals surface area contributed by atoms with E-state index in [-0.39, 0.29) is 5.91 Å². The van der Waals surface area contributed by atoms with Crippen molar-refractivity contribution in [3.05, 3.63) is 46.3 Å². The number of aryl methyl sites for hydroxylation is 1. The van der Waals surface area contributed by atoms with E-state index >= 15 is 0 Å². The molecule has 2 heterocycles. The number of anilines is 1. The highest BCUT2D eigenvalue weighted by Gasteiger charge is 2.08. The van der Waals surface area contributed by atoms with Gasteiger partial charge >= 0.3 is 0 Å². The van der Waals surface area contributed by atoms with Crippen LogP contribution >= 0.6 is 11.3 Å². The van der Waals surface area contributed by atoms with Crippen LogP contribution in [-0.4, -0.2) is 29.4 Å². The molecule has 2 rings (SSSR count). The molecule has 0 bridgehead atoms. The standard InChI is InChI=1S/C14H17N3OS/c1-11-3-4-13(15-7-11)16-14(18)9-17(2)8-12-5-6-19-10-12/h3-7,10H,8-9H2,1-2H3,(H,15,16,18). The van der Waals surface area contributed by atoms with Crippen molar-refractivity contribution in [1.29, 1.82) is 0 Å². The van der Waals surface area contributed by atoms with E-state index in [1.165, 1.54) is 5.56 Å². The van der Waals surface area contributed by atoms with E-state index in [9.17, 15) is 4.79 Å². The second-order valence-electron chi connectivity index (χ2n) is 4.57. The van der Waals surface area contributed by atoms with E-state index in [0.717, 1.165) is 12.1 Å². The van der Waals surface area contributed by atoms with Gasteiger partial charge in [0.2, 0.25) is 5.91 Å². The number of carbonyl (C=O) groups excluding carboxylic acids is 1. The first-order valence-corrected chi connectivity index (χ1v) is 7.00. The summed E-state index contributed by atoms with van der Waals surface area (Å²) < 4.78 is 0. The summed E-state index contributed by atoms with van der Waals surface area (Å²) in [5.41, 5.74) is 2.31. The Morgan fingerprint density at radius 1 is 1.42 bits per heavy atom. The predicted molar refractivity (Wildman–Crippen MR) is 78.3 cm³/mol. The molecule has 100 valence electrons. The van der Waals surface area contributed by atoms with Crippen molar-refractivity contribution in [1.82, 2.24) is 9.88 Å². The topological polar surface area (TPSA) is 45.2 Å². The third kappa shape index (κ3) is 4.46. The Kier molecular flexibility index (Phi) is 4.65. The Morgan fingerprint density at radius 2 is 2.26 bits per heavy atom. The van der Waals surface area contributed by atoms with Crippen LogP contribution in [0.5, 0.6) is 0 Å². The summed E-state index contributed by atoms with van der Waals surface area (Å²) in [4.78, 5) is 18.0. The fourth-order valence-electron chi connectivity index (χ4n) is 1.72. The number of hydrogen-bond donors (Lipinski definition) is 1. The number of rotatable bonds is 5. The second-order valence-corrected chi connectivity index (χ2v) is 5.35. The molecule has 0 fully saturated rings. The van der Waals surface area contributed by atoms with Gasteiger partial charge in [0.25, 0.3) is 0 Å². The van der Waals surface area contributed by atoms with Crippen molar-refractivity contribution < 1.29 is 4.79 Å². The summed E-state index contributed by atoms with van der Waals surface area (Å²) in [5.74, 6) is 0.550. The molecule has 0 aromatic carbocycles. The minimum absolute atomic E-state index is 0.0471. The maximum absolute atomic E-state index is 11.8. The van der Waals surface area contributed by atoms with Crippen LogP contribution in [0.4, 0.5) is 5.82 Å². The van der Waals surface area contributed by atoms with Crippen LogP contribution in [0.2, 0.25) is 0 Å². The minimum Gasteiger partial charge on any atom is -0.310 e. The lowest BCUT2D eigenvalue weighted by Crippen LogP contribution is -2.29. The first kappa shape index (κ1) is 13.7. The number of amides is 1. The van der Waals surface area contributed by atoms with E-state index in [1.807, 2.05) is 36.4 Å². The van der Waals surface area contributed by atoms with Crippen LogP contribution in [0, 0.1) is 6.92 Å². The van der Waals surface area contributed by atoms with Crippen molar-refractivity contribution in [2.45, 2.75) is 13.5 Å². The first-order valence-electron chi connectivity index (χ1n) is 6.05. The maximum Gasteiger partial charge on any atom is 0.239 e. The zero-order valence-electron chi connectivity index (χ0n) is 11.1. The molecule has 5 heteroatoms. The van der Waals surface area contributed by atoms with Crippen LogP contribution in [0.25, 0.3) is 0 Å². The van der Waals surface area contributed by atoms with Gasteiger partial charge in [-0.2, -0.15) is 11.3 Å². The molecule has 0 unspecified atom stereocenters. The molecule has 0 spiro atoms. The van der Waals surface area contributed by atoms with Gasteiger partial charge in [0.05, 0.1) is 6.54 Å². The van der Waals surface area contributed by atoms with Gasteiger partial charge in [0.1, 0.15) is 5.82 Å². The summed E-state index contributed by atoms with van der Waals surface area (Å²) in [6.07, 6.45) is 1.74. The predicted octanol–water partition coefficient (Wildman–Crippen LogP) is 2.52. The quantitative estimate of drug-likeness (QED) is 0.912. The number of likely N-dealkylation sites (N-methyl/N-ethyl adjacent to an activating group) is 1. The van der Waals surface area contributed by atoms with Gasteiger partial charge in [-0.15, -0.1) is 0 Å². The number of nitrogens with zero attached hydrogens (tertiary/aromatic N) is 2. The molecule has 0 radical (unpaired) electrons. The number of thiophene rings is 1. The van der Waals surface area contributed by atoms with Gasteiger partial charge in [-0.1, -0.05) is 6.07 Å². The molecule has 0 aliphatic heterocycles. The van der Waals surface area contributed by atoms with Gasteiger partial charge in [-0.05, 0) is 48.0 Å². The monoisotopic (exact) mass is 275 g/mol. The van der Waals surface area contributed by atoms with Crippen molar-refractivity contribution in [2.75, 3.05) is 18.9 Å². The van der Waals surface area contributed by atoms with Gasteiger partial charge in [0, 0.05) is 12.7 Å². The SMILES string of the molecule is Cc1ccc(NC(=O)CN(C)Cc2ccsc2)nc1. The first-order chi connectivity index (χ1) is 9.13. The smallest absolute Gasteiger partial charge is 0.239 e. The van der Waals surface area contributed by atoms with Gasteiger partial charge < -0.3 is 5.32 Å². The Bertz CT molecular complexity index is 522. The number of nitrogens with one attached hydrogen (secondary N) is 1. The number of hydrogen-bond acceptors (Lipinski definition) is 4. The summed E-state index contributed by atoms with van der Waals surface area (Å²) >= 11 is 1.67. The third-order valence-electron chi connectivity index (χ3n) is 2.62. The zero-order chi connectivity index (χ0) is 13.7. The average Bonchev–Trinajstić information content (AvgIpc) is 2.84. The second kappa shape index (κ2) is 6.45. The Hall–Kier alpha value is -1.72. The fraction of sp³-hybridized carbons (Fsp3) is 0.286. The average molecular weight is 275 g/mol. The zero-order valence-corrected chi connectivity index (χ0v) is 11.9. The van der Waals surface area contributed by atoms with Crippen molar-refractivity contribution in [3.8, 4) is 0 Å². The number of carbonyl (C=O) groups is 1. The Labute approximate surface area is 117 Å². The van der Waals surface area contributed by atoms with Crippen LogP contribution < -0.4 is 5.32 Å². The third-order valence-corrected chi connectivity index (χ3v) is 3.36. The van der Waals surface area contributed by atoms with E-state index < -0.39 is 0 Å². The van der Waals surface area contributed by atoms with E-state index in [1.54, 1.807) is 17.5 Å². The highest BCUT2D eigenvalue weighted by atomic mass is 32.1. The summed E-state index contributed by atoms with van der Waals surface area (Å²) in [5, 5.41) is 6.92. The lowest BCUT2D eigenvalue weighted by Gasteiger charge is -2.15. The van der Waals surface area contributed by atoms with E-state index in [2.05, 4.69) is 21.7 Å². The molecule has 2 aromatic rings. The van der Waals surface area contributed by atoms with Crippen LogP contribution in [0.3, 0.4) is 0 Å². The molecule has 19 heavy (non-hydrogen) atoms. The molecule has 1 N–H and O–H groups in total. The minimum atomic E-state index is -0.0471. The molecular weight excluding hydrogens is 258 g/mol. The number of aromatic nitrogens is 1. The molecule has 4 nitrogen and oxygen atoms in total. The van der Waals surface area contributed by atoms with E-state index in [4.69, 9.17) is 0 Å². The summed E-state index contributed by atoms with van der Waals surface area (Å²) in [7, 11) is 1.93. The molecule has 0 saturated carbocycles. The lowest BCUT2D eigenvalue weighted by molar-refractivity contribution is -0.117. The molecule has 0 aliphatic carbocycles. The van der Waals surface area contributed by atoms with Gasteiger partial charge in [-0.25, -0.2) is 4.98 Å². The van der Waals surface area contributed by atoms with E-state index in [0.29, 0.717) is 12.4 Å².